The van der Waals surface area contributed by atoms with Crippen molar-refractivity contribution in [1.29, 1.82) is 0 Å². The van der Waals surface area contributed by atoms with E-state index in [1.807, 2.05) is 13.0 Å². The molecule has 0 atom stereocenters. The molecule has 0 aliphatic carbocycles. The monoisotopic (exact) mass is 357 g/mol. The predicted octanol–water partition coefficient (Wildman–Crippen LogP) is 5.30. The molecule has 2 heterocycles. The van der Waals surface area contributed by atoms with Crippen molar-refractivity contribution in [2.24, 2.45) is 0 Å². The third-order valence-corrected chi connectivity index (χ3v) is 5.57. The second kappa shape index (κ2) is 8.65. The summed E-state index contributed by atoms with van der Waals surface area (Å²) in [7, 11) is 0. The van der Waals surface area contributed by atoms with Crippen LogP contribution in [0.1, 0.15) is 51.4 Å². The van der Waals surface area contributed by atoms with E-state index in [0.29, 0.717) is 12.3 Å². The summed E-state index contributed by atoms with van der Waals surface area (Å²) in [6, 6.07) is 4.06. The fraction of sp³-hybridized carbons (Fsp3) is 0.500. The molecule has 120 valence electrons. The molecule has 6 heteroatoms. The van der Waals surface area contributed by atoms with Crippen molar-refractivity contribution in [3.05, 3.63) is 36.9 Å². The Morgan fingerprint density at radius 3 is 2.68 bits per heavy atom. The van der Waals surface area contributed by atoms with Crippen LogP contribution >= 0.6 is 34.3 Å². The summed E-state index contributed by atoms with van der Waals surface area (Å²) in [6.07, 6.45) is 5.42. The highest BCUT2D eigenvalue weighted by atomic mass is 35.5. The largest absolute Gasteiger partial charge is 0.461 e. The molecule has 0 aromatic carbocycles. The quantitative estimate of drug-likeness (QED) is 0.475. The minimum absolute atomic E-state index is 0.308. The van der Waals surface area contributed by atoms with Gasteiger partial charge in [-0.15, -0.1) is 22.7 Å². The van der Waals surface area contributed by atoms with Gasteiger partial charge in [0.1, 0.15) is 0 Å². The van der Waals surface area contributed by atoms with Gasteiger partial charge >= 0.3 is 5.97 Å². The summed E-state index contributed by atoms with van der Waals surface area (Å²) >= 11 is 9.18. The van der Waals surface area contributed by atoms with Crippen molar-refractivity contribution in [3.8, 4) is 0 Å². The van der Waals surface area contributed by atoms with Gasteiger partial charge < -0.3 is 4.74 Å². The van der Waals surface area contributed by atoms with Gasteiger partial charge in [0.15, 0.2) is 5.69 Å². The third-order valence-electron chi connectivity index (χ3n) is 3.25. The number of aromatic nitrogens is 1. The van der Waals surface area contributed by atoms with Crippen molar-refractivity contribution < 1.29 is 9.53 Å². The highest BCUT2D eigenvalue weighted by Crippen LogP contribution is 2.24. The van der Waals surface area contributed by atoms with Gasteiger partial charge in [-0.1, -0.05) is 18.0 Å². The summed E-state index contributed by atoms with van der Waals surface area (Å²) in [5, 5.41) is 1.03. The number of thiazole rings is 1. The molecule has 3 nitrogen and oxygen atoms in total. The maximum Gasteiger partial charge on any atom is 0.358 e. The molecule has 0 radical (unpaired) electrons. The Kier molecular flexibility index (Phi) is 6.86. The number of halogens is 1. The molecule has 22 heavy (non-hydrogen) atoms. The van der Waals surface area contributed by atoms with E-state index in [1.165, 1.54) is 4.88 Å². The lowest BCUT2D eigenvalue weighted by Gasteiger charge is -1.99. The fourth-order valence-corrected chi connectivity index (χ4v) is 4.28. The second-order valence-electron chi connectivity index (χ2n) is 5.00. The number of carbonyl (C=O) groups is 1. The lowest BCUT2D eigenvalue weighted by atomic mass is 10.1. The Hall–Kier alpha value is -0.910. The van der Waals surface area contributed by atoms with Crippen LogP contribution in [0.2, 0.25) is 4.34 Å². The van der Waals surface area contributed by atoms with Gasteiger partial charge in [0.25, 0.3) is 0 Å². The molecular weight excluding hydrogens is 338 g/mol. The van der Waals surface area contributed by atoms with Crippen LogP contribution in [-0.2, 0) is 17.6 Å². The normalized spacial score (nSPS) is 10.9. The van der Waals surface area contributed by atoms with Gasteiger partial charge in [-0.05, 0) is 51.7 Å². The van der Waals surface area contributed by atoms with Gasteiger partial charge in [-0.3, -0.25) is 0 Å². The van der Waals surface area contributed by atoms with Crippen LogP contribution in [0.15, 0.2) is 12.1 Å². The van der Waals surface area contributed by atoms with E-state index in [1.54, 1.807) is 29.6 Å². The molecule has 0 bridgehead atoms. The first-order valence-electron chi connectivity index (χ1n) is 7.47. The highest BCUT2D eigenvalue weighted by molar-refractivity contribution is 7.16. The summed E-state index contributed by atoms with van der Waals surface area (Å²) in [4.78, 5) is 18.4. The van der Waals surface area contributed by atoms with E-state index in [9.17, 15) is 4.79 Å². The van der Waals surface area contributed by atoms with Crippen LogP contribution in [-0.4, -0.2) is 17.6 Å². The zero-order valence-electron chi connectivity index (χ0n) is 12.9. The van der Waals surface area contributed by atoms with Crippen LogP contribution in [0.4, 0.5) is 0 Å². The van der Waals surface area contributed by atoms with Gasteiger partial charge in [0.2, 0.25) is 0 Å². The molecule has 2 rings (SSSR count). The van der Waals surface area contributed by atoms with E-state index in [4.69, 9.17) is 16.3 Å². The van der Waals surface area contributed by atoms with Gasteiger partial charge in [-0.2, -0.15) is 0 Å². The molecule has 0 fully saturated rings. The molecule has 2 aromatic rings. The van der Waals surface area contributed by atoms with E-state index in [0.717, 1.165) is 46.3 Å². The van der Waals surface area contributed by atoms with Crippen molar-refractivity contribution in [3.63, 3.8) is 0 Å². The van der Waals surface area contributed by atoms with E-state index in [-0.39, 0.29) is 5.97 Å². The lowest BCUT2D eigenvalue weighted by molar-refractivity contribution is 0.0519. The van der Waals surface area contributed by atoms with E-state index >= 15 is 0 Å². The molecule has 0 spiro atoms. The number of carbonyl (C=O) groups excluding carboxylic acids is 1. The first-order valence-corrected chi connectivity index (χ1v) is 9.49. The molecule has 0 aliphatic heterocycles. The lowest BCUT2D eigenvalue weighted by Crippen LogP contribution is -2.06. The second-order valence-corrected chi connectivity index (χ2v) is 8.09. The summed E-state index contributed by atoms with van der Waals surface area (Å²) in [6.45, 7) is 4.12. The standard InChI is InChI=1S/C16H20ClNO2S2/c1-3-20-16(19)15-11(2)21-14(18-15)8-6-4-5-7-12-9-10-13(17)22-12/h9-10H,3-8H2,1-2H3. The average molecular weight is 358 g/mol. The Balaban J connectivity index is 1.73. The van der Waals surface area contributed by atoms with Gasteiger partial charge in [0.05, 0.1) is 16.0 Å². The maximum absolute atomic E-state index is 11.7. The maximum atomic E-state index is 11.7. The molecule has 0 aliphatic rings. The van der Waals surface area contributed by atoms with Crippen LogP contribution in [0.3, 0.4) is 0 Å². The van der Waals surface area contributed by atoms with Crippen LogP contribution in [0.25, 0.3) is 0 Å². The Morgan fingerprint density at radius 1 is 1.23 bits per heavy atom. The number of aryl methyl sites for hydroxylation is 3. The minimum atomic E-state index is -0.308. The number of hydrogen-bond donors (Lipinski definition) is 0. The van der Waals surface area contributed by atoms with Crippen LogP contribution in [0.5, 0.6) is 0 Å². The average Bonchev–Trinajstić information content (AvgIpc) is 3.05. The third kappa shape index (κ3) is 5.07. The molecule has 0 saturated heterocycles. The van der Waals surface area contributed by atoms with E-state index < -0.39 is 0 Å². The number of rotatable bonds is 8. The summed E-state index contributed by atoms with van der Waals surface area (Å²) in [5.74, 6) is -0.308. The molecule has 0 saturated carbocycles. The topological polar surface area (TPSA) is 39.2 Å². The SMILES string of the molecule is CCOC(=O)c1nc(CCCCCc2ccc(Cl)s2)sc1C. The summed E-state index contributed by atoms with van der Waals surface area (Å²) in [5.41, 5.74) is 0.482. The molecular formula is C16H20ClNO2S2. The molecule has 0 N–H and O–H groups in total. The van der Waals surface area contributed by atoms with Gasteiger partial charge in [-0.25, -0.2) is 9.78 Å². The van der Waals surface area contributed by atoms with Crippen molar-refractivity contribution in [2.75, 3.05) is 6.61 Å². The first kappa shape index (κ1) is 17.4. The minimum Gasteiger partial charge on any atom is -0.461 e. The number of hydrogen-bond acceptors (Lipinski definition) is 5. The zero-order chi connectivity index (χ0) is 15.9. The first-order chi connectivity index (χ1) is 10.6. The molecule has 0 unspecified atom stereocenters. The van der Waals surface area contributed by atoms with E-state index in [2.05, 4.69) is 11.1 Å². The molecule has 0 amide bonds. The van der Waals surface area contributed by atoms with Crippen molar-refractivity contribution >= 4 is 40.2 Å². The van der Waals surface area contributed by atoms with Gasteiger partial charge in [0, 0.05) is 9.75 Å². The number of esters is 1. The number of unbranched alkanes of at least 4 members (excludes halogenated alkanes) is 2. The molecule has 2 aromatic heterocycles. The Labute approximate surface area is 144 Å². The number of ether oxygens (including phenoxy) is 1. The summed E-state index contributed by atoms with van der Waals surface area (Å²) < 4.78 is 5.87. The smallest absolute Gasteiger partial charge is 0.358 e. The van der Waals surface area contributed by atoms with Crippen molar-refractivity contribution in [1.82, 2.24) is 4.98 Å². The number of thiophene rings is 1. The van der Waals surface area contributed by atoms with Crippen LogP contribution in [0, 0.1) is 6.92 Å². The zero-order valence-corrected chi connectivity index (χ0v) is 15.2. The van der Waals surface area contributed by atoms with Crippen LogP contribution < -0.4 is 0 Å². The van der Waals surface area contributed by atoms with Crippen molar-refractivity contribution in [2.45, 2.75) is 46.0 Å². The fourth-order valence-electron chi connectivity index (χ4n) is 2.19. The Morgan fingerprint density at radius 2 is 2.00 bits per heavy atom. The predicted molar refractivity (Wildman–Crippen MR) is 93.4 cm³/mol. The Bertz CT molecular complexity index is 621. The highest BCUT2D eigenvalue weighted by Gasteiger charge is 2.15. The number of nitrogens with zero attached hydrogens (tertiary/aromatic N) is 1.